The molecule has 0 saturated heterocycles. The number of hydrogen-bond donors (Lipinski definition) is 0. The number of allylic oxidation sites excluding steroid dienone is 8. The molecule has 2 heteroatoms. The summed E-state index contributed by atoms with van der Waals surface area (Å²) in [4.78, 5) is 0. The van der Waals surface area contributed by atoms with E-state index in [1.807, 2.05) is 24.3 Å². The van der Waals surface area contributed by atoms with Gasteiger partial charge in [0.05, 0.1) is 7.18 Å². The van der Waals surface area contributed by atoms with Crippen molar-refractivity contribution in [2.75, 3.05) is 7.18 Å². The summed E-state index contributed by atoms with van der Waals surface area (Å²) in [6, 6.07) is 0. The quantitative estimate of drug-likeness (QED) is 0.427. The van der Waals surface area contributed by atoms with Gasteiger partial charge in [0.2, 0.25) is 0 Å². The van der Waals surface area contributed by atoms with E-state index in [2.05, 4.69) is 24.3 Å². The van der Waals surface area contributed by atoms with E-state index in [1.165, 1.54) is 0 Å². The Morgan fingerprint density at radius 2 is 1.31 bits per heavy atom. The average Bonchev–Trinajstić information content (AvgIpc) is 2.87. The van der Waals surface area contributed by atoms with Gasteiger partial charge in [0.15, 0.2) is 0 Å². The summed E-state index contributed by atoms with van der Waals surface area (Å²) in [6.45, 7) is 0. The third-order valence-corrected chi connectivity index (χ3v) is 1.17. The van der Waals surface area contributed by atoms with Crippen LogP contribution >= 0.6 is 0 Å². The third-order valence-electron chi connectivity index (χ3n) is 1.17. The van der Waals surface area contributed by atoms with Crippen molar-refractivity contribution in [3.05, 3.63) is 48.6 Å². The molecule has 13 heavy (non-hydrogen) atoms. The van der Waals surface area contributed by atoms with Crippen molar-refractivity contribution in [1.29, 1.82) is 0 Å². The second-order valence-corrected chi connectivity index (χ2v) is 2.01. The standard InChI is InChI=1S/2C5H5.CH3F.Ti/c2*1-2-4-5-3-1;1-2;/h2*1-3H,4H2;1H3;/q2*-1;;+2. The van der Waals surface area contributed by atoms with Crippen LogP contribution in [0.2, 0.25) is 0 Å². The first-order chi connectivity index (χ1) is 6.00. The van der Waals surface area contributed by atoms with Crippen LogP contribution in [0.5, 0.6) is 0 Å². The Bertz CT molecular complexity index is 148. The molecule has 0 aromatic heterocycles. The molecule has 0 heterocycles. The molecule has 2 aliphatic carbocycles. The maximum absolute atomic E-state index is 9.50. The predicted octanol–water partition coefficient (Wildman–Crippen LogP) is 3.19. The second kappa shape index (κ2) is 14.1. The van der Waals surface area contributed by atoms with Crippen molar-refractivity contribution in [2.45, 2.75) is 12.8 Å². The predicted molar refractivity (Wildman–Crippen MR) is 50.2 cm³/mol. The molecular weight excluding hydrogens is 199 g/mol. The van der Waals surface area contributed by atoms with Gasteiger partial charge < -0.3 is 0 Å². The second-order valence-electron chi connectivity index (χ2n) is 2.01. The Kier molecular flexibility index (Phi) is 16.4. The Balaban J connectivity index is 0. The number of alkyl halides is 1. The molecule has 0 saturated carbocycles. The monoisotopic (exact) mass is 212 g/mol. The van der Waals surface area contributed by atoms with Gasteiger partial charge in [-0.25, -0.2) is 24.3 Å². The number of hydrogen-bond acceptors (Lipinski definition) is 0. The zero-order chi connectivity index (χ0) is 9.07. The molecule has 0 fully saturated rings. The first kappa shape index (κ1) is 15.1. The van der Waals surface area contributed by atoms with Gasteiger partial charge in [0.25, 0.3) is 0 Å². The zero-order valence-corrected chi connectivity index (χ0v) is 9.32. The molecule has 0 radical (unpaired) electrons. The van der Waals surface area contributed by atoms with E-state index < -0.39 is 0 Å². The minimum absolute atomic E-state index is 0. The smallest absolute Gasteiger partial charge is 0.273 e. The van der Waals surface area contributed by atoms with E-state index in [1.54, 1.807) is 0 Å². The minimum atomic E-state index is 0. The first-order valence-corrected chi connectivity index (χ1v) is 3.81. The van der Waals surface area contributed by atoms with Crippen molar-refractivity contribution in [1.82, 2.24) is 0 Å². The molecule has 0 spiro atoms. The Labute approximate surface area is 94.8 Å². The molecule has 0 nitrogen and oxygen atoms in total. The number of halogens is 1. The molecule has 68 valence electrons. The van der Waals surface area contributed by atoms with E-state index in [9.17, 15) is 4.39 Å². The summed E-state index contributed by atoms with van der Waals surface area (Å²) in [5.74, 6) is 0. The van der Waals surface area contributed by atoms with Gasteiger partial charge in [0.1, 0.15) is 0 Å². The largest absolute Gasteiger partial charge is 2.00 e. The Hall–Kier alpha value is -0.396. The van der Waals surface area contributed by atoms with Gasteiger partial charge in [-0.3, -0.25) is 16.5 Å². The molecule has 0 aromatic carbocycles. The van der Waals surface area contributed by atoms with E-state index in [0.29, 0.717) is 7.18 Å². The maximum atomic E-state index is 9.50. The van der Waals surface area contributed by atoms with E-state index in [4.69, 9.17) is 0 Å². The summed E-state index contributed by atoms with van der Waals surface area (Å²) >= 11 is 0. The fourth-order valence-corrected chi connectivity index (χ4v) is 0.680. The fourth-order valence-electron chi connectivity index (χ4n) is 0.680. The SMILES string of the molecule is CF.[C-]1=CC=CC1.[C-]1=CC=CC1.[Ti+2]. The van der Waals surface area contributed by atoms with E-state index >= 15 is 0 Å². The third kappa shape index (κ3) is 11.6. The summed E-state index contributed by atoms with van der Waals surface area (Å²) in [7, 11) is 0.500. The molecule has 2 aliphatic rings. The summed E-state index contributed by atoms with van der Waals surface area (Å²) < 4.78 is 9.50. The molecule has 0 bridgehead atoms. The molecule has 0 N–H and O–H groups in total. The Morgan fingerprint density at radius 3 is 1.38 bits per heavy atom. The van der Waals surface area contributed by atoms with Gasteiger partial charge >= 0.3 is 21.7 Å². The zero-order valence-electron chi connectivity index (χ0n) is 7.76. The van der Waals surface area contributed by atoms with Gasteiger partial charge in [-0.1, -0.05) is 0 Å². The van der Waals surface area contributed by atoms with Crippen LogP contribution in [0.1, 0.15) is 12.8 Å². The maximum Gasteiger partial charge on any atom is 2.00 e. The van der Waals surface area contributed by atoms with E-state index in [0.717, 1.165) is 12.8 Å². The molecule has 0 aromatic rings. The average molecular weight is 212 g/mol. The van der Waals surface area contributed by atoms with Crippen LogP contribution in [0, 0.1) is 12.2 Å². The molecule has 0 atom stereocenters. The van der Waals surface area contributed by atoms with Crippen molar-refractivity contribution >= 4 is 0 Å². The summed E-state index contributed by atoms with van der Waals surface area (Å²) in [5.41, 5.74) is 0. The van der Waals surface area contributed by atoms with Crippen LogP contribution in [0.4, 0.5) is 4.39 Å². The number of rotatable bonds is 0. The molecule has 0 amide bonds. The fraction of sp³-hybridized carbons (Fsp3) is 0.273. The van der Waals surface area contributed by atoms with Crippen molar-refractivity contribution < 1.29 is 26.1 Å². The molecule has 0 unspecified atom stereocenters. The molecule has 0 aliphatic heterocycles. The summed E-state index contributed by atoms with van der Waals surface area (Å²) in [5, 5.41) is 0. The Morgan fingerprint density at radius 1 is 0.923 bits per heavy atom. The van der Waals surface area contributed by atoms with Crippen LogP contribution in [0.15, 0.2) is 36.5 Å². The summed E-state index contributed by atoms with van der Waals surface area (Å²) in [6.07, 6.45) is 20.0. The first-order valence-electron chi connectivity index (χ1n) is 3.81. The van der Waals surface area contributed by atoms with E-state index in [-0.39, 0.29) is 21.7 Å². The minimum Gasteiger partial charge on any atom is -0.273 e. The molecule has 2 rings (SSSR count). The van der Waals surface area contributed by atoms with Crippen LogP contribution in [-0.4, -0.2) is 7.18 Å². The van der Waals surface area contributed by atoms with Crippen molar-refractivity contribution in [3.8, 4) is 0 Å². The van der Waals surface area contributed by atoms with Crippen molar-refractivity contribution in [3.63, 3.8) is 0 Å². The van der Waals surface area contributed by atoms with Crippen LogP contribution in [-0.2, 0) is 21.7 Å². The molecular formula is C11H13FTi. The van der Waals surface area contributed by atoms with Crippen molar-refractivity contribution in [2.24, 2.45) is 0 Å². The van der Waals surface area contributed by atoms with Crippen LogP contribution in [0.25, 0.3) is 0 Å². The normalized spacial score (nSPS) is 14.0. The van der Waals surface area contributed by atoms with Crippen LogP contribution in [0.3, 0.4) is 0 Å². The topological polar surface area (TPSA) is 0 Å². The van der Waals surface area contributed by atoms with Gasteiger partial charge in [-0.15, -0.1) is 12.8 Å². The van der Waals surface area contributed by atoms with Gasteiger partial charge in [0, 0.05) is 0 Å². The van der Waals surface area contributed by atoms with Gasteiger partial charge in [-0.05, 0) is 0 Å². The van der Waals surface area contributed by atoms with Crippen LogP contribution < -0.4 is 0 Å². The van der Waals surface area contributed by atoms with Gasteiger partial charge in [-0.2, -0.15) is 12.2 Å².